The van der Waals surface area contributed by atoms with Gasteiger partial charge < -0.3 is 9.52 Å². The zero-order valence-electron chi connectivity index (χ0n) is 8.03. The zero-order valence-corrected chi connectivity index (χ0v) is 8.85. The van der Waals surface area contributed by atoms with Gasteiger partial charge in [-0.1, -0.05) is 11.8 Å². The van der Waals surface area contributed by atoms with Gasteiger partial charge in [-0.05, 0) is 12.1 Å². The molecule has 0 bridgehead atoms. The highest BCUT2D eigenvalue weighted by Gasteiger charge is 2.10. The zero-order chi connectivity index (χ0) is 11.4. The molecule has 0 aliphatic carbocycles. The molecule has 0 amide bonds. The van der Waals surface area contributed by atoms with Gasteiger partial charge in [0, 0.05) is 12.4 Å². The second kappa shape index (κ2) is 4.75. The fourth-order valence-electron chi connectivity index (χ4n) is 0.997. The molecule has 82 valence electrons. The molecule has 6 nitrogen and oxygen atoms in total. The molecule has 0 radical (unpaired) electrons. The van der Waals surface area contributed by atoms with Crippen LogP contribution in [0.1, 0.15) is 0 Å². The lowest BCUT2D eigenvalue weighted by Crippen LogP contribution is -1.97. The third-order valence-electron chi connectivity index (χ3n) is 1.63. The number of carboxylic acid groups (broad SMARTS) is 1. The van der Waals surface area contributed by atoms with E-state index in [-0.39, 0.29) is 11.0 Å². The summed E-state index contributed by atoms with van der Waals surface area (Å²) in [6.45, 7) is 0. The molecule has 2 rings (SSSR count). The van der Waals surface area contributed by atoms with Crippen LogP contribution >= 0.6 is 11.8 Å². The number of nitrogens with zero attached hydrogens (tertiary/aromatic N) is 3. The van der Waals surface area contributed by atoms with Crippen LogP contribution in [0.15, 0.2) is 34.2 Å². The number of carbonyl (C=O) groups is 1. The first kappa shape index (κ1) is 10.6. The Balaban J connectivity index is 2.11. The van der Waals surface area contributed by atoms with E-state index >= 15 is 0 Å². The van der Waals surface area contributed by atoms with Crippen molar-refractivity contribution in [1.29, 1.82) is 0 Å². The van der Waals surface area contributed by atoms with Gasteiger partial charge in [0.15, 0.2) is 0 Å². The van der Waals surface area contributed by atoms with Crippen LogP contribution in [0.25, 0.3) is 11.5 Å². The molecule has 0 unspecified atom stereocenters. The van der Waals surface area contributed by atoms with E-state index in [1.54, 1.807) is 24.5 Å². The van der Waals surface area contributed by atoms with Crippen LogP contribution < -0.4 is 0 Å². The van der Waals surface area contributed by atoms with Crippen LogP contribution in [-0.2, 0) is 4.79 Å². The second-order valence-electron chi connectivity index (χ2n) is 2.80. The molecule has 7 heteroatoms. The first-order chi connectivity index (χ1) is 7.75. The molecule has 16 heavy (non-hydrogen) atoms. The van der Waals surface area contributed by atoms with Crippen molar-refractivity contribution in [2.45, 2.75) is 5.22 Å². The average molecular weight is 237 g/mol. The number of carboxylic acids is 1. The first-order valence-electron chi connectivity index (χ1n) is 4.34. The van der Waals surface area contributed by atoms with Crippen LogP contribution in [-0.4, -0.2) is 32.0 Å². The number of thioether (sulfide) groups is 1. The predicted molar refractivity (Wildman–Crippen MR) is 55.9 cm³/mol. The smallest absolute Gasteiger partial charge is 0.314 e. The van der Waals surface area contributed by atoms with Gasteiger partial charge in [0.25, 0.3) is 5.22 Å². The van der Waals surface area contributed by atoms with E-state index in [0.717, 1.165) is 11.8 Å². The first-order valence-corrected chi connectivity index (χ1v) is 5.33. The van der Waals surface area contributed by atoms with E-state index in [9.17, 15) is 4.79 Å². The third-order valence-corrected chi connectivity index (χ3v) is 2.44. The fourth-order valence-corrected chi connectivity index (χ4v) is 1.48. The molecule has 0 aliphatic rings. The Hall–Kier alpha value is -1.89. The molecule has 0 saturated carbocycles. The van der Waals surface area contributed by atoms with Gasteiger partial charge >= 0.3 is 5.97 Å². The van der Waals surface area contributed by atoms with Crippen molar-refractivity contribution in [2.75, 3.05) is 5.75 Å². The Kier molecular flexibility index (Phi) is 3.16. The highest BCUT2D eigenvalue weighted by Crippen LogP contribution is 2.21. The monoisotopic (exact) mass is 237 g/mol. The van der Waals surface area contributed by atoms with E-state index in [4.69, 9.17) is 9.52 Å². The minimum Gasteiger partial charge on any atom is -0.481 e. The summed E-state index contributed by atoms with van der Waals surface area (Å²) in [4.78, 5) is 14.2. The van der Waals surface area contributed by atoms with Crippen molar-refractivity contribution in [3.05, 3.63) is 24.5 Å². The minimum atomic E-state index is -0.925. The normalized spacial score (nSPS) is 10.2. The molecule has 0 fully saturated rings. The van der Waals surface area contributed by atoms with Crippen LogP contribution in [0.3, 0.4) is 0 Å². The average Bonchev–Trinajstić information content (AvgIpc) is 2.76. The Labute approximate surface area is 94.7 Å². The summed E-state index contributed by atoms with van der Waals surface area (Å²) in [6.07, 6.45) is 3.24. The van der Waals surface area contributed by atoms with Gasteiger partial charge in [-0.2, -0.15) is 0 Å². The molecular weight excluding hydrogens is 230 g/mol. The Morgan fingerprint density at radius 3 is 3.06 bits per heavy atom. The number of aliphatic carboxylic acids is 1. The Morgan fingerprint density at radius 1 is 1.50 bits per heavy atom. The third kappa shape index (κ3) is 2.57. The summed E-state index contributed by atoms with van der Waals surface area (Å²) >= 11 is 0.984. The van der Waals surface area contributed by atoms with Crippen LogP contribution in [0.4, 0.5) is 0 Å². The van der Waals surface area contributed by atoms with E-state index < -0.39 is 5.97 Å². The van der Waals surface area contributed by atoms with Crippen molar-refractivity contribution in [1.82, 2.24) is 15.2 Å². The van der Waals surface area contributed by atoms with Crippen LogP contribution in [0.5, 0.6) is 0 Å². The van der Waals surface area contributed by atoms with Gasteiger partial charge in [-0.25, -0.2) is 0 Å². The lowest BCUT2D eigenvalue weighted by molar-refractivity contribution is -0.133. The molecule has 0 aliphatic heterocycles. The Bertz CT molecular complexity index is 486. The van der Waals surface area contributed by atoms with E-state index in [0.29, 0.717) is 11.5 Å². The maximum Gasteiger partial charge on any atom is 0.314 e. The van der Waals surface area contributed by atoms with Crippen molar-refractivity contribution >= 4 is 17.7 Å². The highest BCUT2D eigenvalue weighted by atomic mass is 32.2. The van der Waals surface area contributed by atoms with Crippen molar-refractivity contribution in [3.8, 4) is 11.5 Å². The van der Waals surface area contributed by atoms with Crippen molar-refractivity contribution < 1.29 is 14.3 Å². The van der Waals surface area contributed by atoms with Gasteiger partial charge in [0.05, 0.1) is 5.56 Å². The number of pyridine rings is 1. The summed E-state index contributed by atoms with van der Waals surface area (Å²) < 4.78 is 5.26. The summed E-state index contributed by atoms with van der Waals surface area (Å²) in [5.74, 6) is -0.693. The summed E-state index contributed by atoms with van der Waals surface area (Å²) in [6, 6.07) is 3.54. The quantitative estimate of drug-likeness (QED) is 0.801. The molecule has 0 atom stereocenters. The number of hydrogen-bond donors (Lipinski definition) is 1. The van der Waals surface area contributed by atoms with E-state index in [1.807, 2.05) is 0 Å². The summed E-state index contributed by atoms with van der Waals surface area (Å²) in [5.41, 5.74) is 0.706. The van der Waals surface area contributed by atoms with Crippen LogP contribution in [0.2, 0.25) is 0 Å². The number of rotatable bonds is 4. The molecule has 2 aromatic heterocycles. The fraction of sp³-hybridized carbons (Fsp3) is 0.111. The minimum absolute atomic E-state index is 0.103. The molecular formula is C9H7N3O3S. The van der Waals surface area contributed by atoms with Gasteiger partial charge in [-0.3, -0.25) is 9.78 Å². The van der Waals surface area contributed by atoms with Gasteiger partial charge in [0.1, 0.15) is 5.75 Å². The summed E-state index contributed by atoms with van der Waals surface area (Å²) in [7, 11) is 0. The topological polar surface area (TPSA) is 89.1 Å². The predicted octanol–water partition coefficient (Wildman–Crippen LogP) is 1.31. The van der Waals surface area contributed by atoms with Crippen LogP contribution in [0, 0.1) is 0 Å². The largest absolute Gasteiger partial charge is 0.481 e. The summed E-state index contributed by atoms with van der Waals surface area (Å²) in [5, 5.41) is 16.2. The maximum atomic E-state index is 10.3. The Morgan fingerprint density at radius 2 is 2.38 bits per heavy atom. The molecule has 2 aromatic rings. The molecule has 2 heterocycles. The lowest BCUT2D eigenvalue weighted by Gasteiger charge is -1.91. The molecule has 0 saturated heterocycles. The van der Waals surface area contributed by atoms with Gasteiger partial charge in [-0.15, -0.1) is 10.2 Å². The van der Waals surface area contributed by atoms with Gasteiger partial charge in [0.2, 0.25) is 5.89 Å². The van der Waals surface area contributed by atoms with Crippen molar-refractivity contribution in [2.24, 2.45) is 0 Å². The molecule has 0 aromatic carbocycles. The lowest BCUT2D eigenvalue weighted by atomic mass is 10.3. The van der Waals surface area contributed by atoms with Crippen molar-refractivity contribution in [3.63, 3.8) is 0 Å². The standard InChI is InChI=1S/C9H7N3O3S/c13-7(14)5-16-9-12-11-8(15-9)6-2-1-3-10-4-6/h1-4H,5H2,(H,13,14). The second-order valence-corrected chi connectivity index (χ2v) is 3.72. The highest BCUT2D eigenvalue weighted by molar-refractivity contribution is 7.99. The molecule has 1 N–H and O–H groups in total. The molecule has 0 spiro atoms. The number of aromatic nitrogens is 3. The number of hydrogen-bond acceptors (Lipinski definition) is 6. The van der Waals surface area contributed by atoms with E-state index in [2.05, 4.69) is 15.2 Å². The maximum absolute atomic E-state index is 10.3. The SMILES string of the molecule is O=C(O)CSc1nnc(-c2cccnc2)o1. The van der Waals surface area contributed by atoms with E-state index in [1.165, 1.54) is 0 Å².